The Balaban J connectivity index is 1.36. The maximum Gasteiger partial charge on any atom is 0.240 e. The van der Waals surface area contributed by atoms with Crippen molar-refractivity contribution in [2.45, 2.75) is 11.7 Å². The molecule has 0 bridgehead atoms. The Hall–Kier alpha value is -3.48. The monoisotopic (exact) mass is 471 g/mol. The quantitative estimate of drug-likeness (QED) is 0.172. The third-order valence-electron chi connectivity index (χ3n) is 5.46. The number of fused-ring (bicyclic) bond motifs is 2. The van der Waals surface area contributed by atoms with Crippen LogP contribution >= 0.6 is 23.4 Å². The molecule has 0 saturated carbocycles. The number of hydrogen-bond acceptors (Lipinski definition) is 5. The van der Waals surface area contributed by atoms with Crippen molar-refractivity contribution in [2.75, 3.05) is 0 Å². The molecule has 4 aromatic rings. The van der Waals surface area contributed by atoms with Crippen LogP contribution in [0.5, 0.6) is 0 Å². The Morgan fingerprint density at radius 3 is 2.27 bits per heavy atom. The van der Waals surface area contributed by atoms with E-state index in [1.165, 1.54) is 11.8 Å². The van der Waals surface area contributed by atoms with Gasteiger partial charge >= 0.3 is 0 Å². The molecule has 1 amide bonds. The zero-order valence-electron chi connectivity index (χ0n) is 17.4. The lowest BCUT2D eigenvalue weighted by molar-refractivity contribution is -0.118. The zero-order valence-corrected chi connectivity index (χ0v) is 18.9. The highest BCUT2D eigenvalue weighted by Crippen LogP contribution is 2.28. The van der Waals surface area contributed by atoms with Crippen LogP contribution in [-0.4, -0.2) is 28.3 Å². The number of ketones is 1. The fourth-order valence-corrected chi connectivity index (χ4v) is 4.89. The molecular weight excluding hydrogens is 454 g/mol. The van der Waals surface area contributed by atoms with Crippen LogP contribution in [0.25, 0.3) is 21.5 Å². The fourth-order valence-electron chi connectivity index (χ4n) is 3.84. The summed E-state index contributed by atoms with van der Waals surface area (Å²) >= 11 is 7.09. The summed E-state index contributed by atoms with van der Waals surface area (Å²) in [6, 6.07) is 25.1. The Morgan fingerprint density at radius 1 is 0.970 bits per heavy atom. The number of thioether (sulfide) groups is 1. The zero-order chi connectivity index (χ0) is 22.8. The Bertz CT molecular complexity index is 1390. The first-order chi connectivity index (χ1) is 16.1. The predicted octanol–water partition coefficient (Wildman–Crippen LogP) is 5.84. The van der Waals surface area contributed by atoms with Crippen LogP contribution in [0.1, 0.15) is 22.3 Å². The lowest BCUT2D eigenvalue weighted by atomic mass is 9.97. The summed E-state index contributed by atoms with van der Waals surface area (Å²) in [5, 5.41) is 16.0. The molecule has 5 nitrogen and oxygen atoms in total. The predicted molar refractivity (Wildman–Crippen MR) is 136 cm³/mol. The summed E-state index contributed by atoms with van der Waals surface area (Å²) in [5.41, 5.74) is 1.50. The maximum atomic E-state index is 12.5. The Morgan fingerprint density at radius 2 is 1.61 bits per heavy atom. The van der Waals surface area contributed by atoms with Crippen LogP contribution < -0.4 is 5.32 Å². The molecule has 1 heterocycles. The molecule has 1 fully saturated rings. The molecule has 0 aliphatic carbocycles. The number of benzene rings is 4. The van der Waals surface area contributed by atoms with Crippen molar-refractivity contribution in [3.63, 3.8) is 0 Å². The van der Waals surface area contributed by atoms with Gasteiger partial charge in [-0.2, -0.15) is 5.10 Å². The highest BCUT2D eigenvalue weighted by molar-refractivity contribution is 8.15. The smallest absolute Gasteiger partial charge is 0.240 e. The number of rotatable bonds is 5. The van der Waals surface area contributed by atoms with Crippen molar-refractivity contribution < 1.29 is 9.59 Å². The van der Waals surface area contributed by atoms with Gasteiger partial charge < -0.3 is 5.32 Å². The molecule has 1 saturated heterocycles. The van der Waals surface area contributed by atoms with Crippen molar-refractivity contribution >= 4 is 68.0 Å². The highest BCUT2D eigenvalue weighted by Gasteiger charge is 2.32. The Kier molecular flexibility index (Phi) is 5.94. The minimum absolute atomic E-state index is 0.0782. The average molecular weight is 472 g/mol. The number of nitrogens with zero attached hydrogens (tertiary/aromatic N) is 2. The van der Waals surface area contributed by atoms with Crippen LogP contribution in [0.4, 0.5) is 0 Å². The van der Waals surface area contributed by atoms with E-state index in [0.717, 1.165) is 27.1 Å². The molecule has 7 heteroatoms. The van der Waals surface area contributed by atoms with Gasteiger partial charge in [0.15, 0.2) is 11.0 Å². The number of carbonyl (C=O) groups excluding carboxylic acids is 2. The van der Waals surface area contributed by atoms with Gasteiger partial charge in [-0.05, 0) is 51.9 Å². The molecule has 0 aromatic heterocycles. The average Bonchev–Trinajstić information content (AvgIpc) is 3.17. The SMILES string of the molecule is O=C(CC1SC(=NN=Cc2c3ccccc3cc3ccccc23)NC1=O)c1ccc(Cl)cc1. The normalized spacial score (nSPS) is 17.3. The maximum absolute atomic E-state index is 12.5. The van der Waals surface area contributed by atoms with Gasteiger partial charge in [-0.25, -0.2) is 0 Å². The van der Waals surface area contributed by atoms with E-state index in [1.807, 2.05) is 24.3 Å². The second-order valence-corrected chi connectivity index (χ2v) is 9.24. The molecule has 33 heavy (non-hydrogen) atoms. The molecule has 1 atom stereocenters. The Labute approximate surface area is 199 Å². The molecule has 5 rings (SSSR count). The van der Waals surface area contributed by atoms with Crippen molar-refractivity contribution in [2.24, 2.45) is 10.2 Å². The van der Waals surface area contributed by atoms with Gasteiger partial charge in [0.2, 0.25) is 5.91 Å². The lowest BCUT2D eigenvalue weighted by Crippen LogP contribution is -2.26. The van der Waals surface area contributed by atoms with Gasteiger partial charge in [0.25, 0.3) is 0 Å². The molecule has 0 radical (unpaired) electrons. The third-order valence-corrected chi connectivity index (χ3v) is 6.79. The number of hydrogen-bond donors (Lipinski definition) is 1. The number of carbonyl (C=O) groups is 2. The first-order valence-electron chi connectivity index (χ1n) is 10.4. The molecule has 1 aliphatic heterocycles. The standard InChI is InChI=1S/C26H18ClN3O2S/c27-19-11-9-16(10-12-19)23(31)14-24-25(32)29-26(33-24)30-28-15-22-20-7-3-1-5-17(20)13-18-6-2-4-8-21(18)22/h1-13,15,24H,14H2,(H,29,30,32). The summed E-state index contributed by atoms with van der Waals surface area (Å²) in [7, 11) is 0. The molecular formula is C26H18ClN3O2S. The molecule has 162 valence electrons. The van der Waals surface area contributed by atoms with Gasteiger partial charge in [0.1, 0.15) is 0 Å². The number of amides is 1. The van der Waals surface area contributed by atoms with E-state index in [0.29, 0.717) is 15.8 Å². The lowest BCUT2D eigenvalue weighted by Gasteiger charge is -2.07. The summed E-state index contributed by atoms with van der Waals surface area (Å²) in [4.78, 5) is 24.9. The number of nitrogens with one attached hydrogen (secondary N) is 1. The third kappa shape index (κ3) is 4.53. The van der Waals surface area contributed by atoms with E-state index in [1.54, 1.807) is 30.5 Å². The summed E-state index contributed by atoms with van der Waals surface area (Å²) in [6.45, 7) is 0. The van der Waals surface area contributed by atoms with Gasteiger partial charge in [-0.3, -0.25) is 9.59 Å². The van der Waals surface area contributed by atoms with Crippen LogP contribution in [0.2, 0.25) is 5.02 Å². The van der Waals surface area contributed by atoms with E-state index in [-0.39, 0.29) is 18.1 Å². The number of amidine groups is 1. The van der Waals surface area contributed by atoms with Crippen molar-refractivity contribution in [3.05, 3.63) is 95.0 Å². The van der Waals surface area contributed by atoms with Crippen LogP contribution in [0.3, 0.4) is 0 Å². The first-order valence-corrected chi connectivity index (χ1v) is 11.6. The van der Waals surface area contributed by atoms with E-state index < -0.39 is 5.25 Å². The number of halogens is 1. The largest absolute Gasteiger partial charge is 0.303 e. The molecule has 1 N–H and O–H groups in total. The summed E-state index contributed by atoms with van der Waals surface area (Å²) < 4.78 is 0. The molecule has 1 unspecified atom stereocenters. The van der Waals surface area contributed by atoms with Crippen LogP contribution in [-0.2, 0) is 4.79 Å². The topological polar surface area (TPSA) is 70.9 Å². The van der Waals surface area contributed by atoms with Gasteiger partial charge in [0, 0.05) is 22.6 Å². The van der Waals surface area contributed by atoms with Gasteiger partial charge in [-0.1, -0.05) is 71.9 Å². The minimum Gasteiger partial charge on any atom is -0.303 e. The molecule has 0 spiro atoms. The van der Waals surface area contributed by atoms with Crippen molar-refractivity contribution in [1.29, 1.82) is 0 Å². The van der Waals surface area contributed by atoms with Crippen molar-refractivity contribution in [3.8, 4) is 0 Å². The van der Waals surface area contributed by atoms with E-state index in [4.69, 9.17) is 11.6 Å². The van der Waals surface area contributed by atoms with Gasteiger partial charge in [-0.15, -0.1) is 5.10 Å². The van der Waals surface area contributed by atoms with E-state index >= 15 is 0 Å². The van der Waals surface area contributed by atoms with E-state index in [2.05, 4.69) is 45.9 Å². The number of Topliss-reactive ketones (excluding diaryl/α,β-unsaturated/α-hetero) is 1. The summed E-state index contributed by atoms with van der Waals surface area (Å²) in [5.74, 6) is -0.363. The second kappa shape index (κ2) is 9.17. The van der Waals surface area contributed by atoms with Crippen molar-refractivity contribution in [1.82, 2.24) is 5.32 Å². The first kappa shape index (κ1) is 21.4. The summed E-state index contributed by atoms with van der Waals surface area (Å²) in [6.07, 6.45) is 1.80. The van der Waals surface area contributed by atoms with Crippen LogP contribution in [0, 0.1) is 0 Å². The van der Waals surface area contributed by atoms with Crippen LogP contribution in [0.15, 0.2) is 89.1 Å². The van der Waals surface area contributed by atoms with Gasteiger partial charge in [0.05, 0.1) is 11.5 Å². The highest BCUT2D eigenvalue weighted by atomic mass is 35.5. The minimum atomic E-state index is -0.541. The van der Waals surface area contributed by atoms with E-state index in [9.17, 15) is 9.59 Å². The molecule has 4 aromatic carbocycles. The molecule has 1 aliphatic rings. The second-order valence-electron chi connectivity index (χ2n) is 7.61. The fraction of sp³-hybridized carbons (Fsp3) is 0.0769.